The molecule has 0 aliphatic carbocycles. The van der Waals surface area contributed by atoms with Crippen LogP contribution in [0.15, 0.2) is 45.7 Å². The van der Waals surface area contributed by atoms with Crippen LogP contribution in [0.4, 0.5) is 0 Å². The summed E-state index contributed by atoms with van der Waals surface area (Å²) in [6, 6.07) is 11.2. The first-order chi connectivity index (χ1) is 14.6. The molecule has 2 heterocycles. The smallest absolute Gasteiger partial charge is 0.261 e. The van der Waals surface area contributed by atoms with Gasteiger partial charge in [0.25, 0.3) is 5.56 Å². The van der Waals surface area contributed by atoms with Gasteiger partial charge in [-0.3, -0.25) is 9.36 Å². The van der Waals surface area contributed by atoms with E-state index in [4.69, 9.17) is 14.5 Å². The topological polar surface area (TPSA) is 56.6 Å². The van der Waals surface area contributed by atoms with Crippen molar-refractivity contribution in [3.63, 3.8) is 0 Å². The van der Waals surface area contributed by atoms with Gasteiger partial charge in [-0.25, -0.2) is 4.98 Å². The second-order valence-electron chi connectivity index (χ2n) is 7.57. The van der Waals surface area contributed by atoms with Gasteiger partial charge in [0.1, 0.15) is 17.3 Å². The lowest BCUT2D eigenvalue weighted by Crippen LogP contribution is -2.22. The minimum Gasteiger partial charge on any atom is -0.496 e. The van der Waals surface area contributed by atoms with Gasteiger partial charge in [0.2, 0.25) is 0 Å². The van der Waals surface area contributed by atoms with Crippen LogP contribution in [0.1, 0.15) is 19.3 Å². The Balaban J connectivity index is 1.56. The van der Waals surface area contributed by atoms with Crippen molar-refractivity contribution in [2.24, 2.45) is 7.05 Å². The van der Waals surface area contributed by atoms with Crippen LogP contribution in [0, 0.1) is 0 Å². The van der Waals surface area contributed by atoms with Gasteiger partial charge in [0.05, 0.1) is 30.2 Å². The van der Waals surface area contributed by atoms with Crippen molar-refractivity contribution >= 4 is 26.8 Å². The van der Waals surface area contributed by atoms with E-state index in [0.717, 1.165) is 28.8 Å². The predicted molar refractivity (Wildman–Crippen MR) is 122 cm³/mol. The van der Waals surface area contributed by atoms with Crippen LogP contribution in [0.5, 0.6) is 11.5 Å². The monoisotopic (exact) mass is 471 g/mol. The summed E-state index contributed by atoms with van der Waals surface area (Å²) < 4.78 is 13.9. The second-order valence-corrected chi connectivity index (χ2v) is 8.49. The average molecular weight is 472 g/mol. The van der Waals surface area contributed by atoms with Gasteiger partial charge in [-0.2, -0.15) is 0 Å². The zero-order chi connectivity index (χ0) is 21.1. The van der Waals surface area contributed by atoms with E-state index >= 15 is 0 Å². The quantitative estimate of drug-likeness (QED) is 0.482. The van der Waals surface area contributed by atoms with Gasteiger partial charge >= 0.3 is 0 Å². The molecule has 0 spiro atoms. The molecule has 1 aliphatic rings. The Morgan fingerprint density at radius 1 is 1.13 bits per heavy atom. The molecule has 0 amide bonds. The van der Waals surface area contributed by atoms with Gasteiger partial charge in [-0.05, 0) is 62.7 Å². The maximum Gasteiger partial charge on any atom is 0.261 e. The van der Waals surface area contributed by atoms with Crippen molar-refractivity contribution in [3.8, 4) is 22.9 Å². The molecule has 1 fully saturated rings. The van der Waals surface area contributed by atoms with Crippen LogP contribution in [-0.2, 0) is 7.05 Å². The molecule has 6 nitrogen and oxygen atoms in total. The highest BCUT2D eigenvalue weighted by atomic mass is 79.9. The molecule has 0 atom stereocenters. The molecule has 1 saturated heterocycles. The average Bonchev–Trinajstić information content (AvgIpc) is 3.28. The van der Waals surface area contributed by atoms with Crippen molar-refractivity contribution in [3.05, 3.63) is 51.2 Å². The third-order valence-electron chi connectivity index (χ3n) is 5.54. The fourth-order valence-corrected chi connectivity index (χ4v) is 4.28. The Bertz CT molecular complexity index is 1110. The Morgan fingerprint density at radius 3 is 2.70 bits per heavy atom. The number of fused-ring (bicyclic) bond motifs is 1. The van der Waals surface area contributed by atoms with Gasteiger partial charge in [-0.15, -0.1) is 0 Å². The minimum absolute atomic E-state index is 0.0967. The Morgan fingerprint density at radius 2 is 1.93 bits per heavy atom. The van der Waals surface area contributed by atoms with E-state index < -0.39 is 0 Å². The second kappa shape index (κ2) is 9.18. The highest BCUT2D eigenvalue weighted by Crippen LogP contribution is 2.32. The highest BCUT2D eigenvalue weighted by molar-refractivity contribution is 9.10. The molecule has 0 unspecified atom stereocenters. The van der Waals surface area contributed by atoms with Crippen LogP contribution < -0.4 is 15.0 Å². The summed E-state index contributed by atoms with van der Waals surface area (Å²) >= 11 is 3.42. The number of likely N-dealkylation sites (tertiary alicyclic amines) is 1. The lowest BCUT2D eigenvalue weighted by atomic mass is 10.1. The summed E-state index contributed by atoms with van der Waals surface area (Å²) in [5.41, 5.74) is 1.31. The molecule has 0 bridgehead atoms. The molecule has 0 saturated carbocycles. The number of ether oxygens (including phenoxy) is 2. The Kier molecular flexibility index (Phi) is 6.39. The molecule has 4 rings (SSSR count). The number of rotatable bonds is 7. The first-order valence-corrected chi connectivity index (χ1v) is 11.1. The molecular formula is C23H26BrN3O3. The standard InChI is InChI=1S/C23H26BrN3O3/c1-26-22(25-20-9-6-16(24)14-19(20)23(26)28)18-8-7-17(15-21(18)29-2)30-13-5-12-27-10-3-4-11-27/h6-9,14-15H,3-5,10-13H2,1-2H3. The largest absolute Gasteiger partial charge is 0.496 e. The van der Waals surface area contributed by atoms with Crippen molar-refractivity contribution in [1.29, 1.82) is 0 Å². The first kappa shape index (κ1) is 20.9. The maximum atomic E-state index is 12.9. The summed E-state index contributed by atoms with van der Waals surface area (Å²) in [4.78, 5) is 20.1. The van der Waals surface area contributed by atoms with E-state index in [9.17, 15) is 4.79 Å². The van der Waals surface area contributed by atoms with Crippen LogP contribution in [0.2, 0.25) is 0 Å². The molecule has 158 valence electrons. The summed E-state index contributed by atoms with van der Waals surface area (Å²) in [7, 11) is 3.35. The normalized spacial score (nSPS) is 14.4. The van der Waals surface area contributed by atoms with E-state index in [1.54, 1.807) is 24.8 Å². The Labute approximate surface area is 184 Å². The molecule has 1 aromatic heterocycles. The number of methoxy groups -OCH3 is 1. The molecule has 0 N–H and O–H groups in total. The van der Waals surface area contributed by atoms with Crippen LogP contribution >= 0.6 is 15.9 Å². The van der Waals surface area contributed by atoms with Gasteiger partial charge in [-0.1, -0.05) is 15.9 Å². The SMILES string of the molecule is COc1cc(OCCCN2CCCC2)ccc1-c1nc2ccc(Br)cc2c(=O)n1C. The summed E-state index contributed by atoms with van der Waals surface area (Å²) in [5, 5.41) is 0.576. The van der Waals surface area contributed by atoms with Crippen molar-refractivity contribution in [2.75, 3.05) is 33.4 Å². The molecular weight excluding hydrogens is 446 g/mol. The van der Waals surface area contributed by atoms with Crippen LogP contribution in [-0.4, -0.2) is 47.8 Å². The number of halogens is 1. The molecule has 0 radical (unpaired) electrons. The molecule has 1 aliphatic heterocycles. The van der Waals surface area contributed by atoms with E-state index in [0.29, 0.717) is 29.1 Å². The van der Waals surface area contributed by atoms with Gasteiger partial charge in [0.15, 0.2) is 0 Å². The third-order valence-corrected chi connectivity index (χ3v) is 6.03. The van der Waals surface area contributed by atoms with Crippen LogP contribution in [0.25, 0.3) is 22.3 Å². The van der Waals surface area contributed by atoms with Crippen molar-refractivity contribution < 1.29 is 9.47 Å². The predicted octanol–water partition coefficient (Wildman–Crippen LogP) is 4.24. The summed E-state index contributed by atoms with van der Waals surface area (Å²) in [6.07, 6.45) is 3.62. The molecule has 3 aromatic rings. The third kappa shape index (κ3) is 4.37. The Hall–Kier alpha value is -2.38. The van der Waals surface area contributed by atoms with Crippen LogP contribution in [0.3, 0.4) is 0 Å². The number of nitrogens with zero attached hydrogens (tertiary/aromatic N) is 3. The highest BCUT2D eigenvalue weighted by Gasteiger charge is 2.16. The lowest BCUT2D eigenvalue weighted by molar-refractivity contribution is 0.262. The zero-order valence-electron chi connectivity index (χ0n) is 17.4. The number of hydrogen-bond donors (Lipinski definition) is 0. The molecule has 7 heteroatoms. The van der Waals surface area contributed by atoms with Crippen molar-refractivity contribution in [2.45, 2.75) is 19.3 Å². The first-order valence-electron chi connectivity index (χ1n) is 10.3. The maximum absolute atomic E-state index is 12.9. The lowest BCUT2D eigenvalue weighted by Gasteiger charge is -2.16. The van der Waals surface area contributed by atoms with E-state index in [-0.39, 0.29) is 5.56 Å². The van der Waals surface area contributed by atoms with E-state index in [1.807, 2.05) is 30.3 Å². The van der Waals surface area contributed by atoms with Gasteiger partial charge < -0.3 is 14.4 Å². The minimum atomic E-state index is -0.0967. The van der Waals surface area contributed by atoms with E-state index in [1.165, 1.54) is 25.9 Å². The number of benzene rings is 2. The fraction of sp³-hybridized carbons (Fsp3) is 0.391. The summed E-state index contributed by atoms with van der Waals surface area (Å²) in [5.74, 6) is 1.95. The fourth-order valence-electron chi connectivity index (χ4n) is 3.91. The number of hydrogen-bond acceptors (Lipinski definition) is 5. The summed E-state index contributed by atoms with van der Waals surface area (Å²) in [6.45, 7) is 4.16. The number of aromatic nitrogens is 2. The van der Waals surface area contributed by atoms with Gasteiger partial charge in [0, 0.05) is 24.1 Å². The molecule has 2 aromatic carbocycles. The molecule has 30 heavy (non-hydrogen) atoms. The zero-order valence-corrected chi connectivity index (χ0v) is 18.9. The van der Waals surface area contributed by atoms with E-state index in [2.05, 4.69) is 20.8 Å². The van der Waals surface area contributed by atoms with Crippen molar-refractivity contribution in [1.82, 2.24) is 14.5 Å².